The van der Waals surface area contributed by atoms with Crippen LogP contribution in [0.1, 0.15) is 425 Å². The molecule has 0 bridgehead atoms. The minimum absolute atomic E-state index is 0.0618. The fraction of sp³-hybridized carbons (Fsp3) is 0.932. The largest absolute Gasteiger partial charge is 0.462 e. The van der Waals surface area contributed by atoms with E-state index in [1.807, 2.05) is 0 Å². The summed E-state index contributed by atoms with van der Waals surface area (Å²) in [5, 5.41) is 0. The highest BCUT2D eigenvalue weighted by Gasteiger charge is 2.20. The summed E-state index contributed by atoms with van der Waals surface area (Å²) in [6.07, 6.45) is 84.0. The third-order valence-corrected chi connectivity index (χ3v) is 17.0. The molecule has 0 aromatic rings. The van der Waals surface area contributed by atoms with Crippen molar-refractivity contribution in [1.29, 1.82) is 0 Å². The molecule has 0 fully saturated rings. The second-order valence-electron chi connectivity index (χ2n) is 25.2. The van der Waals surface area contributed by atoms with Gasteiger partial charge in [-0.2, -0.15) is 0 Å². The standard InChI is InChI=1S/C74H142O6/c1-4-7-10-13-16-19-22-25-28-30-32-33-34-35-36-37-38-39-40-41-43-44-46-49-52-55-58-61-64-67-73(76)79-70-71(69-78-72(75)66-63-60-57-54-51-48-27-24-21-18-15-12-9-6-3)80-74(77)68-65-62-59-56-53-50-47-45-42-31-29-26-23-20-17-14-11-8-5-2/h30,32,71H,4-29,31,33-70H2,1-3H3/b32-30-. The highest BCUT2D eigenvalue weighted by Crippen LogP contribution is 2.19. The van der Waals surface area contributed by atoms with Crippen molar-refractivity contribution in [2.24, 2.45) is 0 Å². The Balaban J connectivity index is 4.16. The molecular weight excluding hydrogens is 985 g/mol. The van der Waals surface area contributed by atoms with E-state index in [0.717, 1.165) is 57.8 Å². The summed E-state index contributed by atoms with van der Waals surface area (Å²) >= 11 is 0. The van der Waals surface area contributed by atoms with Crippen molar-refractivity contribution < 1.29 is 28.6 Å². The molecule has 0 aromatic carbocycles. The number of carbonyl (C=O) groups is 3. The van der Waals surface area contributed by atoms with Crippen molar-refractivity contribution in [1.82, 2.24) is 0 Å². The molecule has 0 amide bonds. The second-order valence-corrected chi connectivity index (χ2v) is 25.2. The molecule has 0 aromatic heterocycles. The third-order valence-electron chi connectivity index (χ3n) is 17.0. The van der Waals surface area contributed by atoms with Crippen LogP contribution in [0.4, 0.5) is 0 Å². The lowest BCUT2D eigenvalue weighted by Gasteiger charge is -2.18. The topological polar surface area (TPSA) is 78.9 Å². The molecule has 0 N–H and O–H groups in total. The van der Waals surface area contributed by atoms with E-state index in [-0.39, 0.29) is 31.1 Å². The minimum atomic E-state index is -0.765. The Morgan fingerprint density at radius 1 is 0.237 bits per heavy atom. The van der Waals surface area contributed by atoms with E-state index >= 15 is 0 Å². The lowest BCUT2D eigenvalue weighted by Crippen LogP contribution is -2.30. The van der Waals surface area contributed by atoms with Gasteiger partial charge < -0.3 is 14.2 Å². The molecule has 0 saturated heterocycles. The summed E-state index contributed by atoms with van der Waals surface area (Å²) in [6, 6.07) is 0. The summed E-state index contributed by atoms with van der Waals surface area (Å²) in [5.41, 5.74) is 0. The lowest BCUT2D eigenvalue weighted by molar-refractivity contribution is -0.167. The van der Waals surface area contributed by atoms with Gasteiger partial charge in [0.2, 0.25) is 0 Å². The van der Waals surface area contributed by atoms with Crippen molar-refractivity contribution in [3.63, 3.8) is 0 Å². The molecule has 80 heavy (non-hydrogen) atoms. The van der Waals surface area contributed by atoms with Crippen LogP contribution >= 0.6 is 0 Å². The Kier molecular flexibility index (Phi) is 68.0. The molecule has 1 unspecified atom stereocenters. The number of hydrogen-bond donors (Lipinski definition) is 0. The molecule has 0 aliphatic heterocycles. The van der Waals surface area contributed by atoms with Crippen LogP contribution < -0.4 is 0 Å². The number of allylic oxidation sites excluding steroid dienone is 2. The zero-order valence-electron chi connectivity index (χ0n) is 54.6. The Morgan fingerprint density at radius 2 is 0.412 bits per heavy atom. The second kappa shape index (κ2) is 69.6. The van der Waals surface area contributed by atoms with Crippen LogP contribution in [0.5, 0.6) is 0 Å². The van der Waals surface area contributed by atoms with Crippen molar-refractivity contribution in [3.8, 4) is 0 Å². The van der Waals surface area contributed by atoms with E-state index in [4.69, 9.17) is 14.2 Å². The molecule has 0 saturated carbocycles. The molecule has 1 atom stereocenters. The number of ether oxygens (including phenoxy) is 3. The minimum Gasteiger partial charge on any atom is -0.462 e. The lowest BCUT2D eigenvalue weighted by atomic mass is 10.0. The monoisotopic (exact) mass is 1130 g/mol. The SMILES string of the molecule is CCCCCCCCCC/C=C\CCCCCCCCCCCCCCCCCCCC(=O)OCC(COC(=O)CCCCCCCCCCCCCCCC)OC(=O)CCCCCCCCCCCCCCCCCCCCC. The first-order chi connectivity index (χ1) is 39.5. The van der Waals surface area contributed by atoms with Crippen molar-refractivity contribution in [3.05, 3.63) is 12.2 Å². The van der Waals surface area contributed by atoms with Crippen LogP contribution in [-0.2, 0) is 28.6 Å². The van der Waals surface area contributed by atoms with Crippen LogP contribution in [0.25, 0.3) is 0 Å². The fourth-order valence-electron chi connectivity index (χ4n) is 11.5. The molecule has 0 aliphatic carbocycles. The summed E-state index contributed by atoms with van der Waals surface area (Å²) in [6.45, 7) is 6.74. The van der Waals surface area contributed by atoms with E-state index in [2.05, 4.69) is 32.9 Å². The van der Waals surface area contributed by atoms with Crippen LogP contribution in [-0.4, -0.2) is 37.2 Å². The average molecular weight is 1130 g/mol. The van der Waals surface area contributed by atoms with Gasteiger partial charge in [0, 0.05) is 19.3 Å². The van der Waals surface area contributed by atoms with Crippen molar-refractivity contribution in [2.75, 3.05) is 13.2 Å². The van der Waals surface area contributed by atoms with E-state index in [1.54, 1.807) is 0 Å². The summed E-state index contributed by atoms with van der Waals surface area (Å²) < 4.78 is 17.0. The highest BCUT2D eigenvalue weighted by atomic mass is 16.6. The van der Waals surface area contributed by atoms with Crippen molar-refractivity contribution in [2.45, 2.75) is 431 Å². The average Bonchev–Trinajstić information content (AvgIpc) is 3.46. The summed E-state index contributed by atoms with van der Waals surface area (Å²) in [5.74, 6) is -0.823. The van der Waals surface area contributed by atoms with Gasteiger partial charge in [-0.1, -0.05) is 373 Å². The first kappa shape index (κ1) is 78.1. The van der Waals surface area contributed by atoms with E-state index < -0.39 is 6.10 Å². The fourth-order valence-corrected chi connectivity index (χ4v) is 11.5. The van der Waals surface area contributed by atoms with Gasteiger partial charge in [0.15, 0.2) is 6.10 Å². The van der Waals surface area contributed by atoms with Crippen LogP contribution in [0.15, 0.2) is 12.2 Å². The van der Waals surface area contributed by atoms with E-state index in [9.17, 15) is 14.4 Å². The molecule has 6 heteroatoms. The quantitative estimate of drug-likeness (QED) is 0.0261. The first-order valence-corrected chi connectivity index (χ1v) is 36.7. The maximum atomic E-state index is 13.0. The van der Waals surface area contributed by atoms with Gasteiger partial charge in [-0.25, -0.2) is 0 Å². The smallest absolute Gasteiger partial charge is 0.306 e. The van der Waals surface area contributed by atoms with Crippen molar-refractivity contribution >= 4 is 17.9 Å². The maximum absolute atomic E-state index is 13.0. The van der Waals surface area contributed by atoms with Gasteiger partial charge in [0.25, 0.3) is 0 Å². The number of rotatable bonds is 69. The van der Waals surface area contributed by atoms with Gasteiger partial charge in [-0.15, -0.1) is 0 Å². The molecule has 0 rings (SSSR count). The number of hydrogen-bond acceptors (Lipinski definition) is 6. The summed E-state index contributed by atoms with van der Waals surface area (Å²) in [7, 11) is 0. The Bertz CT molecular complexity index is 1250. The van der Waals surface area contributed by atoms with E-state index in [0.29, 0.717) is 19.3 Å². The molecular formula is C74H142O6. The van der Waals surface area contributed by atoms with Crippen LogP contribution in [0.3, 0.4) is 0 Å². The van der Waals surface area contributed by atoms with Crippen LogP contribution in [0, 0.1) is 0 Å². The van der Waals surface area contributed by atoms with Gasteiger partial charge in [0.1, 0.15) is 13.2 Å². The van der Waals surface area contributed by atoms with Gasteiger partial charge >= 0.3 is 17.9 Å². The number of unbranched alkanes of at least 4 members (excludes halogenated alkanes) is 56. The molecule has 6 nitrogen and oxygen atoms in total. The molecule has 0 spiro atoms. The number of carbonyl (C=O) groups excluding carboxylic acids is 3. The Hall–Kier alpha value is -1.85. The maximum Gasteiger partial charge on any atom is 0.306 e. The van der Waals surface area contributed by atoms with Gasteiger partial charge in [-0.05, 0) is 44.9 Å². The predicted molar refractivity (Wildman–Crippen MR) is 349 cm³/mol. The third kappa shape index (κ3) is 66.9. The number of esters is 3. The van der Waals surface area contributed by atoms with Crippen LogP contribution in [0.2, 0.25) is 0 Å². The van der Waals surface area contributed by atoms with Gasteiger partial charge in [-0.3, -0.25) is 14.4 Å². The summed E-state index contributed by atoms with van der Waals surface area (Å²) in [4.78, 5) is 38.4. The normalized spacial score (nSPS) is 12.0. The van der Waals surface area contributed by atoms with E-state index in [1.165, 1.54) is 327 Å². The highest BCUT2D eigenvalue weighted by molar-refractivity contribution is 5.71. The molecule has 474 valence electrons. The Morgan fingerprint density at radius 3 is 0.625 bits per heavy atom. The zero-order chi connectivity index (χ0) is 57.8. The Labute approximate surface area is 501 Å². The molecule has 0 aliphatic rings. The molecule has 0 heterocycles. The van der Waals surface area contributed by atoms with Gasteiger partial charge in [0.05, 0.1) is 0 Å². The molecule has 0 radical (unpaired) electrons. The zero-order valence-corrected chi connectivity index (χ0v) is 54.6. The predicted octanol–water partition coefficient (Wildman–Crippen LogP) is 25.2. The first-order valence-electron chi connectivity index (χ1n) is 36.7.